The minimum atomic E-state index is 0.517. The molecular weight excluding hydrogens is 248 g/mol. The molecule has 112 valence electrons. The average molecular weight is 276 g/mol. The normalized spacial score (nSPS) is 21.4. The van der Waals surface area contributed by atoms with E-state index in [2.05, 4.69) is 36.2 Å². The average Bonchev–Trinajstić information content (AvgIpc) is 2.48. The van der Waals surface area contributed by atoms with E-state index in [0.29, 0.717) is 6.04 Å². The van der Waals surface area contributed by atoms with Gasteiger partial charge in [0.2, 0.25) is 0 Å². The maximum Gasteiger partial charge on any atom is 0.119 e. The lowest BCUT2D eigenvalue weighted by Gasteiger charge is -2.36. The molecule has 1 N–H and O–H groups in total. The Morgan fingerprint density at radius 3 is 2.75 bits per heavy atom. The summed E-state index contributed by atoms with van der Waals surface area (Å²) in [5.74, 6) is 1.66. The van der Waals surface area contributed by atoms with Crippen LogP contribution in [-0.4, -0.2) is 37.7 Å². The Kier molecular flexibility index (Phi) is 5.72. The number of methoxy groups -OCH3 is 1. The van der Waals surface area contributed by atoms with Gasteiger partial charge in [-0.3, -0.25) is 0 Å². The zero-order chi connectivity index (χ0) is 14.4. The van der Waals surface area contributed by atoms with Crippen LogP contribution in [0.25, 0.3) is 0 Å². The van der Waals surface area contributed by atoms with Gasteiger partial charge < -0.3 is 15.0 Å². The van der Waals surface area contributed by atoms with Crippen molar-refractivity contribution >= 4 is 5.69 Å². The van der Waals surface area contributed by atoms with Crippen molar-refractivity contribution in [2.45, 2.75) is 39.2 Å². The second-order valence-corrected chi connectivity index (χ2v) is 5.86. The molecule has 0 aliphatic carbocycles. The number of rotatable bonds is 6. The number of hydrogen-bond donors (Lipinski definition) is 1. The van der Waals surface area contributed by atoms with E-state index >= 15 is 0 Å². The van der Waals surface area contributed by atoms with E-state index in [1.54, 1.807) is 7.11 Å². The Morgan fingerprint density at radius 1 is 1.35 bits per heavy atom. The van der Waals surface area contributed by atoms with Crippen molar-refractivity contribution in [3.63, 3.8) is 0 Å². The SMILES string of the molecule is CCCN1CCCC(C(C)Nc2ccc(OC)cc2)C1. The lowest BCUT2D eigenvalue weighted by Crippen LogP contribution is -2.42. The first-order chi connectivity index (χ1) is 9.72. The summed E-state index contributed by atoms with van der Waals surface area (Å²) in [7, 11) is 1.70. The van der Waals surface area contributed by atoms with E-state index in [9.17, 15) is 0 Å². The monoisotopic (exact) mass is 276 g/mol. The molecule has 0 spiro atoms. The van der Waals surface area contributed by atoms with Gasteiger partial charge in [0.25, 0.3) is 0 Å². The second-order valence-electron chi connectivity index (χ2n) is 5.86. The summed E-state index contributed by atoms with van der Waals surface area (Å²) in [6.07, 6.45) is 3.93. The van der Waals surface area contributed by atoms with Gasteiger partial charge in [0.15, 0.2) is 0 Å². The highest BCUT2D eigenvalue weighted by Gasteiger charge is 2.24. The van der Waals surface area contributed by atoms with Gasteiger partial charge in [-0.15, -0.1) is 0 Å². The third-order valence-electron chi connectivity index (χ3n) is 4.27. The second kappa shape index (κ2) is 7.53. The van der Waals surface area contributed by atoms with Crippen molar-refractivity contribution in [2.24, 2.45) is 5.92 Å². The van der Waals surface area contributed by atoms with Crippen LogP contribution in [0.2, 0.25) is 0 Å². The molecule has 20 heavy (non-hydrogen) atoms. The molecule has 2 unspecified atom stereocenters. The molecule has 2 atom stereocenters. The summed E-state index contributed by atoms with van der Waals surface area (Å²) in [6, 6.07) is 8.74. The Bertz CT molecular complexity index is 388. The van der Waals surface area contributed by atoms with Gasteiger partial charge in [0.1, 0.15) is 5.75 Å². The van der Waals surface area contributed by atoms with Crippen molar-refractivity contribution in [3.8, 4) is 5.75 Å². The van der Waals surface area contributed by atoms with E-state index in [1.807, 2.05) is 12.1 Å². The Labute approximate surface area is 123 Å². The molecule has 1 heterocycles. The van der Waals surface area contributed by atoms with E-state index in [1.165, 1.54) is 44.6 Å². The third kappa shape index (κ3) is 4.14. The number of piperidine rings is 1. The molecule has 2 rings (SSSR count). The van der Waals surface area contributed by atoms with Gasteiger partial charge in [-0.05, 0) is 69.5 Å². The molecule has 0 saturated carbocycles. The summed E-state index contributed by atoms with van der Waals surface area (Å²) in [5.41, 5.74) is 1.19. The molecule has 1 saturated heterocycles. The number of nitrogens with one attached hydrogen (secondary N) is 1. The molecule has 1 aliphatic rings. The van der Waals surface area contributed by atoms with E-state index in [0.717, 1.165) is 11.7 Å². The predicted molar refractivity (Wildman–Crippen MR) is 85.5 cm³/mol. The third-order valence-corrected chi connectivity index (χ3v) is 4.27. The zero-order valence-corrected chi connectivity index (χ0v) is 13.1. The maximum atomic E-state index is 5.20. The maximum absolute atomic E-state index is 5.20. The highest BCUT2D eigenvalue weighted by Crippen LogP contribution is 2.23. The highest BCUT2D eigenvalue weighted by atomic mass is 16.5. The van der Waals surface area contributed by atoms with Crippen molar-refractivity contribution < 1.29 is 4.74 Å². The summed E-state index contributed by atoms with van der Waals surface area (Å²) >= 11 is 0. The topological polar surface area (TPSA) is 24.5 Å². The van der Waals surface area contributed by atoms with Crippen LogP contribution in [0, 0.1) is 5.92 Å². The van der Waals surface area contributed by atoms with Gasteiger partial charge in [0.05, 0.1) is 7.11 Å². The molecule has 0 aromatic heterocycles. The molecule has 0 bridgehead atoms. The lowest BCUT2D eigenvalue weighted by molar-refractivity contribution is 0.165. The van der Waals surface area contributed by atoms with Crippen molar-refractivity contribution in [3.05, 3.63) is 24.3 Å². The van der Waals surface area contributed by atoms with E-state index in [-0.39, 0.29) is 0 Å². The van der Waals surface area contributed by atoms with Crippen LogP contribution in [-0.2, 0) is 0 Å². The smallest absolute Gasteiger partial charge is 0.119 e. The number of anilines is 1. The van der Waals surface area contributed by atoms with Crippen molar-refractivity contribution in [1.29, 1.82) is 0 Å². The number of nitrogens with zero attached hydrogens (tertiary/aromatic N) is 1. The van der Waals surface area contributed by atoms with Gasteiger partial charge in [0, 0.05) is 18.3 Å². The fourth-order valence-electron chi connectivity index (χ4n) is 3.09. The minimum Gasteiger partial charge on any atom is -0.497 e. The van der Waals surface area contributed by atoms with Crippen molar-refractivity contribution in [2.75, 3.05) is 32.1 Å². The van der Waals surface area contributed by atoms with Crippen LogP contribution in [0.3, 0.4) is 0 Å². The number of benzene rings is 1. The lowest BCUT2D eigenvalue weighted by atomic mass is 9.91. The Balaban J connectivity index is 1.88. The highest BCUT2D eigenvalue weighted by molar-refractivity contribution is 5.47. The summed E-state index contributed by atoms with van der Waals surface area (Å²) in [5, 5.41) is 3.64. The molecule has 1 fully saturated rings. The molecule has 3 nitrogen and oxygen atoms in total. The largest absolute Gasteiger partial charge is 0.497 e. The first-order valence-electron chi connectivity index (χ1n) is 7.86. The van der Waals surface area contributed by atoms with Crippen LogP contribution >= 0.6 is 0 Å². The molecule has 0 radical (unpaired) electrons. The van der Waals surface area contributed by atoms with Crippen molar-refractivity contribution in [1.82, 2.24) is 4.90 Å². The molecule has 0 amide bonds. The standard InChI is InChI=1S/C17H28N2O/c1-4-11-19-12-5-6-15(13-19)14(2)18-16-7-9-17(20-3)10-8-16/h7-10,14-15,18H,4-6,11-13H2,1-3H3. The van der Waals surface area contributed by atoms with Crippen LogP contribution < -0.4 is 10.1 Å². The Morgan fingerprint density at radius 2 is 2.10 bits per heavy atom. The van der Waals surface area contributed by atoms with Crippen LogP contribution in [0.5, 0.6) is 5.75 Å². The van der Waals surface area contributed by atoms with Gasteiger partial charge >= 0.3 is 0 Å². The van der Waals surface area contributed by atoms with Crippen LogP contribution in [0.4, 0.5) is 5.69 Å². The fourth-order valence-corrected chi connectivity index (χ4v) is 3.09. The van der Waals surface area contributed by atoms with E-state index < -0.39 is 0 Å². The first kappa shape index (κ1) is 15.2. The Hall–Kier alpha value is -1.22. The van der Waals surface area contributed by atoms with Crippen LogP contribution in [0.15, 0.2) is 24.3 Å². The number of ether oxygens (including phenoxy) is 1. The van der Waals surface area contributed by atoms with Crippen LogP contribution in [0.1, 0.15) is 33.1 Å². The predicted octanol–water partition coefficient (Wildman–Crippen LogP) is 3.62. The first-order valence-corrected chi connectivity index (χ1v) is 7.86. The fraction of sp³-hybridized carbons (Fsp3) is 0.647. The summed E-state index contributed by atoms with van der Waals surface area (Å²) in [6.45, 7) is 8.33. The number of likely N-dealkylation sites (tertiary alicyclic amines) is 1. The zero-order valence-electron chi connectivity index (χ0n) is 13.1. The molecule has 1 aromatic rings. The quantitative estimate of drug-likeness (QED) is 0.859. The molecular formula is C17H28N2O. The minimum absolute atomic E-state index is 0.517. The van der Waals surface area contributed by atoms with Gasteiger partial charge in [-0.1, -0.05) is 6.92 Å². The van der Waals surface area contributed by atoms with E-state index in [4.69, 9.17) is 4.74 Å². The molecule has 1 aliphatic heterocycles. The summed E-state index contributed by atoms with van der Waals surface area (Å²) in [4.78, 5) is 2.61. The number of hydrogen-bond acceptors (Lipinski definition) is 3. The molecule has 1 aromatic carbocycles. The van der Waals surface area contributed by atoms with Gasteiger partial charge in [-0.2, -0.15) is 0 Å². The summed E-state index contributed by atoms with van der Waals surface area (Å²) < 4.78 is 5.20. The van der Waals surface area contributed by atoms with Gasteiger partial charge in [-0.25, -0.2) is 0 Å². The molecule has 3 heteroatoms.